The molecule has 1 fully saturated rings. The molecule has 2 aliphatic heterocycles. The Morgan fingerprint density at radius 1 is 1.50 bits per heavy atom. The van der Waals surface area contributed by atoms with E-state index in [9.17, 15) is 15.1 Å². The summed E-state index contributed by atoms with van der Waals surface area (Å²) in [7, 11) is -0.964. The summed E-state index contributed by atoms with van der Waals surface area (Å²) in [5.74, 6) is 1.51. The number of aromatic nitrogens is 2. The Labute approximate surface area is 161 Å². The van der Waals surface area contributed by atoms with E-state index in [0.29, 0.717) is 36.9 Å². The predicted octanol–water partition coefficient (Wildman–Crippen LogP) is 1.25. The Morgan fingerprint density at radius 2 is 2.36 bits per heavy atom. The van der Waals surface area contributed by atoms with Gasteiger partial charge in [0.1, 0.15) is 11.3 Å². The van der Waals surface area contributed by atoms with E-state index < -0.39 is 13.0 Å². The molecular weight excluding hydrogens is 361 g/mol. The lowest BCUT2D eigenvalue weighted by molar-refractivity contribution is 0.0342. The molecule has 2 aromatic rings. The first-order chi connectivity index (χ1) is 13.5. The molecule has 2 atom stereocenters. The zero-order valence-corrected chi connectivity index (χ0v) is 14.9. The van der Waals surface area contributed by atoms with Gasteiger partial charge < -0.3 is 25.5 Å². The van der Waals surface area contributed by atoms with Crippen molar-refractivity contribution in [1.29, 1.82) is 5.26 Å². The van der Waals surface area contributed by atoms with Crippen molar-refractivity contribution in [3.63, 3.8) is 0 Å². The van der Waals surface area contributed by atoms with Crippen molar-refractivity contribution in [3.8, 4) is 11.8 Å². The number of rotatable bonds is 4. The van der Waals surface area contributed by atoms with E-state index in [1.54, 1.807) is 29.1 Å². The number of ether oxygens (including phenoxy) is 1. The summed E-state index contributed by atoms with van der Waals surface area (Å²) in [6, 6.07) is 7.26. The molecule has 1 saturated heterocycles. The Balaban J connectivity index is 1.63. The van der Waals surface area contributed by atoms with Crippen LogP contribution in [0.25, 0.3) is 6.08 Å². The zero-order valence-electron chi connectivity index (χ0n) is 14.9. The summed E-state index contributed by atoms with van der Waals surface area (Å²) in [5, 5.41) is 26.4. The second-order valence-corrected chi connectivity index (χ2v) is 6.65. The van der Waals surface area contributed by atoms with Crippen molar-refractivity contribution < 1.29 is 19.2 Å². The Morgan fingerprint density at radius 3 is 3.14 bits per heavy atom. The number of nitrogens with one attached hydrogen (secondary N) is 1. The van der Waals surface area contributed by atoms with E-state index in [1.165, 1.54) is 5.98 Å². The molecule has 9 nitrogen and oxygen atoms in total. The molecule has 0 spiro atoms. The summed E-state index contributed by atoms with van der Waals surface area (Å²) in [5.41, 5.74) is 7.19. The van der Waals surface area contributed by atoms with Crippen LogP contribution in [0.3, 0.4) is 0 Å². The number of carbonyl (C=O) groups is 1. The molecule has 4 N–H and O–H groups in total. The van der Waals surface area contributed by atoms with Gasteiger partial charge in [0.2, 0.25) is 0 Å². The van der Waals surface area contributed by atoms with Crippen molar-refractivity contribution in [2.45, 2.75) is 12.5 Å². The molecule has 3 heterocycles. The molecule has 0 unspecified atom stereocenters. The smallest absolute Gasteiger partial charge is 0.532 e. The molecule has 142 valence electrons. The number of anilines is 2. The quantitative estimate of drug-likeness (QED) is 0.681. The average Bonchev–Trinajstić information content (AvgIpc) is 3.12. The highest BCUT2D eigenvalue weighted by Crippen LogP contribution is 2.31. The number of fused-ring (bicyclic) bond motifs is 1. The molecule has 10 heteroatoms. The van der Waals surface area contributed by atoms with Crippen LogP contribution in [0, 0.1) is 17.2 Å². The Hall–Kier alpha value is -3.29. The van der Waals surface area contributed by atoms with Crippen molar-refractivity contribution in [2.24, 2.45) is 11.7 Å². The van der Waals surface area contributed by atoms with Crippen LogP contribution in [-0.2, 0) is 4.74 Å². The fraction of sp³-hybridized carbons (Fsp3) is 0.278. The van der Waals surface area contributed by atoms with Gasteiger partial charge in [-0.25, -0.2) is 0 Å². The summed E-state index contributed by atoms with van der Waals surface area (Å²) in [6.45, 7) is 0.879. The molecule has 2 aliphatic rings. The number of nitrogens with zero attached hydrogens (tertiary/aromatic N) is 3. The topological polar surface area (TPSA) is 135 Å². The minimum Gasteiger partial charge on any atom is -0.532 e. The third-order valence-electron chi connectivity index (χ3n) is 4.79. The van der Waals surface area contributed by atoms with Crippen LogP contribution in [0.5, 0.6) is 5.75 Å². The van der Waals surface area contributed by atoms with E-state index in [-0.39, 0.29) is 17.5 Å². The lowest BCUT2D eigenvalue weighted by Crippen LogP contribution is -2.29. The van der Waals surface area contributed by atoms with Crippen LogP contribution in [0.2, 0.25) is 0 Å². The number of carbonyl (C=O) groups excluding carboxylic acids is 1. The fourth-order valence-corrected chi connectivity index (χ4v) is 3.32. The fourth-order valence-electron chi connectivity index (χ4n) is 3.32. The van der Waals surface area contributed by atoms with Gasteiger partial charge in [0.05, 0.1) is 24.6 Å². The summed E-state index contributed by atoms with van der Waals surface area (Å²) in [6.07, 6.45) is 3.91. The first kappa shape index (κ1) is 18.1. The van der Waals surface area contributed by atoms with Gasteiger partial charge in [-0.15, -0.1) is 0 Å². The monoisotopic (exact) mass is 379 g/mol. The van der Waals surface area contributed by atoms with Crippen LogP contribution in [0.15, 0.2) is 30.4 Å². The molecule has 0 aliphatic carbocycles. The van der Waals surface area contributed by atoms with Gasteiger partial charge in [-0.05, 0) is 30.6 Å². The molecule has 1 aromatic carbocycles. The lowest BCUT2D eigenvalue weighted by Gasteiger charge is -2.26. The molecule has 1 amide bonds. The number of hydrogen-bond acceptors (Lipinski definition) is 7. The second-order valence-electron chi connectivity index (χ2n) is 6.65. The summed E-state index contributed by atoms with van der Waals surface area (Å²) < 4.78 is 12.4. The minimum atomic E-state index is -0.964. The first-order valence-electron chi connectivity index (χ1n) is 8.85. The van der Waals surface area contributed by atoms with Gasteiger partial charge in [-0.3, -0.25) is 9.48 Å². The normalized spacial score (nSPS) is 20.8. The number of primary amides is 1. The van der Waals surface area contributed by atoms with Crippen LogP contribution < -0.4 is 15.7 Å². The lowest BCUT2D eigenvalue weighted by atomic mass is 9.86. The van der Waals surface area contributed by atoms with Gasteiger partial charge >= 0.3 is 7.12 Å². The van der Waals surface area contributed by atoms with E-state index in [0.717, 1.165) is 5.56 Å². The second kappa shape index (κ2) is 7.38. The highest BCUT2D eigenvalue weighted by molar-refractivity contribution is 6.51. The average molecular weight is 379 g/mol. The van der Waals surface area contributed by atoms with Gasteiger partial charge in [-0.1, -0.05) is 6.08 Å². The molecule has 1 aromatic heterocycles. The SMILES string of the molecule is N#C[C@H]1CCOC[C@@H]1n1cc(C(N)=O)c(Nc2ccc3c(c2)C=CB(O)O3)n1. The Bertz CT molecular complexity index is 983. The van der Waals surface area contributed by atoms with Crippen molar-refractivity contribution in [2.75, 3.05) is 18.5 Å². The van der Waals surface area contributed by atoms with E-state index in [2.05, 4.69) is 16.5 Å². The molecule has 28 heavy (non-hydrogen) atoms. The minimum absolute atomic E-state index is 0.224. The van der Waals surface area contributed by atoms with Gasteiger partial charge in [0.25, 0.3) is 5.91 Å². The van der Waals surface area contributed by atoms with E-state index >= 15 is 0 Å². The predicted molar refractivity (Wildman–Crippen MR) is 102 cm³/mol. The summed E-state index contributed by atoms with van der Waals surface area (Å²) >= 11 is 0. The van der Waals surface area contributed by atoms with E-state index in [4.69, 9.17) is 15.1 Å². The van der Waals surface area contributed by atoms with Crippen molar-refractivity contribution >= 4 is 30.6 Å². The largest absolute Gasteiger partial charge is 0.552 e. The molecule has 0 bridgehead atoms. The third-order valence-corrected chi connectivity index (χ3v) is 4.79. The number of hydrogen-bond donors (Lipinski definition) is 3. The number of benzene rings is 1. The maximum atomic E-state index is 11.9. The highest BCUT2D eigenvalue weighted by atomic mass is 16.5. The highest BCUT2D eigenvalue weighted by Gasteiger charge is 2.29. The van der Waals surface area contributed by atoms with E-state index in [1.807, 2.05) is 6.07 Å². The van der Waals surface area contributed by atoms with Gasteiger partial charge in [0, 0.05) is 24.1 Å². The maximum absolute atomic E-state index is 11.9. The third kappa shape index (κ3) is 3.45. The zero-order chi connectivity index (χ0) is 19.7. The Kier molecular flexibility index (Phi) is 4.77. The first-order valence-corrected chi connectivity index (χ1v) is 8.85. The number of nitriles is 1. The van der Waals surface area contributed by atoms with Crippen LogP contribution in [0.1, 0.15) is 28.4 Å². The molecule has 0 saturated carbocycles. The van der Waals surface area contributed by atoms with Gasteiger partial charge in [-0.2, -0.15) is 10.4 Å². The van der Waals surface area contributed by atoms with Gasteiger partial charge in [0.15, 0.2) is 5.82 Å². The maximum Gasteiger partial charge on any atom is 0.552 e. The number of nitrogens with two attached hydrogens (primary N) is 1. The van der Waals surface area contributed by atoms with Crippen LogP contribution in [0.4, 0.5) is 11.5 Å². The van der Waals surface area contributed by atoms with Crippen molar-refractivity contribution in [3.05, 3.63) is 41.5 Å². The summed E-state index contributed by atoms with van der Waals surface area (Å²) in [4.78, 5) is 11.9. The van der Waals surface area contributed by atoms with Crippen LogP contribution in [-0.4, -0.2) is 41.0 Å². The molecule has 0 radical (unpaired) electrons. The van der Waals surface area contributed by atoms with Crippen LogP contribution >= 0.6 is 0 Å². The standard InChI is InChI=1S/C18H18BN5O4/c20-8-12-4-6-27-10-15(12)24-9-14(17(21)25)18(23-24)22-13-1-2-16-11(7-13)3-5-19(26)28-16/h1-3,5,7,9,12,15,26H,4,6,10H2,(H2,21,25)(H,22,23)/t12-,15+/m1/s1. The molecule has 4 rings (SSSR count). The van der Waals surface area contributed by atoms with Crippen molar-refractivity contribution in [1.82, 2.24) is 9.78 Å². The molecular formula is C18H18BN5O4. The number of amides is 1.